The molecule has 0 aliphatic rings. The van der Waals surface area contributed by atoms with E-state index in [4.69, 9.17) is 4.74 Å². The summed E-state index contributed by atoms with van der Waals surface area (Å²) in [5, 5.41) is 22.1. The molecule has 0 amide bonds. The molecule has 0 aliphatic carbocycles. The number of hydrogen-bond acceptors (Lipinski definition) is 7. The predicted octanol–water partition coefficient (Wildman–Crippen LogP) is 4.74. The Kier molecular flexibility index (Phi) is 6.18. The lowest BCUT2D eigenvalue weighted by molar-refractivity contribution is -0.384. The minimum atomic E-state index is -0.518. The third-order valence-electron chi connectivity index (χ3n) is 5.14. The number of hydrogen-bond donors (Lipinski definition) is 0. The summed E-state index contributed by atoms with van der Waals surface area (Å²) in [5.41, 5.74) is 1.24. The summed E-state index contributed by atoms with van der Waals surface area (Å²) in [6.07, 6.45) is 0. The van der Waals surface area contributed by atoms with Gasteiger partial charge in [-0.05, 0) is 29.3 Å². The first kappa shape index (κ1) is 21.5. The zero-order valence-electron chi connectivity index (χ0n) is 17.5. The van der Waals surface area contributed by atoms with Gasteiger partial charge in [-0.3, -0.25) is 14.9 Å². The predicted molar refractivity (Wildman–Crippen MR) is 122 cm³/mol. The van der Waals surface area contributed by atoms with Crippen LogP contribution in [0.25, 0.3) is 10.8 Å². The van der Waals surface area contributed by atoms with Crippen LogP contribution in [0.1, 0.15) is 21.7 Å². The standard InChI is InChI=1S/C23H20N4O4S/c1-15-19-9-4-3-6-16(19)10-11-21(15)31-13-22-24-25-23(26(22)2)32-14-20(28)17-7-5-8-18(12-17)27(29)30/h3-12H,13-14H2,1-2H3. The first-order chi connectivity index (χ1) is 15.4. The van der Waals surface area contributed by atoms with Crippen LogP contribution in [0.15, 0.2) is 65.8 Å². The Morgan fingerprint density at radius 3 is 2.75 bits per heavy atom. The maximum absolute atomic E-state index is 12.4. The highest BCUT2D eigenvalue weighted by molar-refractivity contribution is 7.99. The number of ketones is 1. The molecule has 0 saturated heterocycles. The van der Waals surface area contributed by atoms with E-state index in [9.17, 15) is 14.9 Å². The summed E-state index contributed by atoms with van der Waals surface area (Å²) < 4.78 is 7.77. The quantitative estimate of drug-likeness (QED) is 0.166. The topological polar surface area (TPSA) is 100 Å². The highest BCUT2D eigenvalue weighted by Crippen LogP contribution is 2.28. The van der Waals surface area contributed by atoms with Crippen molar-refractivity contribution in [3.05, 3.63) is 87.7 Å². The van der Waals surface area contributed by atoms with E-state index < -0.39 is 4.92 Å². The highest BCUT2D eigenvalue weighted by Gasteiger charge is 2.15. The molecule has 4 aromatic rings. The normalized spacial score (nSPS) is 10.9. The highest BCUT2D eigenvalue weighted by atomic mass is 32.2. The Bertz CT molecular complexity index is 1320. The van der Waals surface area contributed by atoms with E-state index in [0.717, 1.165) is 22.1 Å². The minimum absolute atomic E-state index is 0.0950. The van der Waals surface area contributed by atoms with Crippen LogP contribution >= 0.6 is 11.8 Å². The fourth-order valence-corrected chi connectivity index (χ4v) is 4.13. The number of fused-ring (bicyclic) bond motifs is 1. The number of non-ortho nitro benzene ring substituents is 1. The number of ether oxygens (including phenoxy) is 1. The lowest BCUT2D eigenvalue weighted by atomic mass is 10.0. The molecule has 32 heavy (non-hydrogen) atoms. The SMILES string of the molecule is Cc1c(OCc2nnc(SCC(=O)c3cccc([N+](=O)[O-])c3)n2C)ccc2ccccc12. The molecule has 1 aromatic heterocycles. The van der Waals surface area contributed by atoms with Crippen LogP contribution in [0.3, 0.4) is 0 Å². The van der Waals surface area contributed by atoms with Crippen LogP contribution in [-0.4, -0.2) is 31.2 Å². The van der Waals surface area contributed by atoms with Crippen molar-refractivity contribution in [2.24, 2.45) is 7.05 Å². The van der Waals surface area contributed by atoms with Crippen molar-refractivity contribution in [1.29, 1.82) is 0 Å². The van der Waals surface area contributed by atoms with Crippen LogP contribution in [0.2, 0.25) is 0 Å². The second-order valence-corrected chi connectivity index (χ2v) is 8.12. The number of rotatable bonds is 8. The number of nitro benzene ring substituents is 1. The van der Waals surface area contributed by atoms with Gasteiger partial charge in [0.05, 0.1) is 10.7 Å². The van der Waals surface area contributed by atoms with Crippen molar-refractivity contribution in [2.45, 2.75) is 18.7 Å². The number of benzene rings is 3. The van der Waals surface area contributed by atoms with E-state index in [2.05, 4.69) is 22.3 Å². The molecule has 0 fully saturated rings. The van der Waals surface area contributed by atoms with Crippen LogP contribution in [0.4, 0.5) is 5.69 Å². The lowest BCUT2D eigenvalue weighted by Gasteiger charge is -2.11. The fourth-order valence-electron chi connectivity index (χ4n) is 3.31. The average molecular weight is 449 g/mol. The van der Waals surface area contributed by atoms with Gasteiger partial charge in [0, 0.05) is 24.7 Å². The molecule has 0 spiro atoms. The second kappa shape index (κ2) is 9.19. The van der Waals surface area contributed by atoms with E-state index in [1.54, 1.807) is 10.6 Å². The molecule has 8 nitrogen and oxygen atoms in total. The van der Waals surface area contributed by atoms with Crippen LogP contribution < -0.4 is 4.74 Å². The molecule has 0 saturated carbocycles. The summed E-state index contributed by atoms with van der Waals surface area (Å²) in [4.78, 5) is 22.8. The molecule has 4 rings (SSSR count). The van der Waals surface area contributed by atoms with Gasteiger partial charge in [0.25, 0.3) is 5.69 Å². The first-order valence-electron chi connectivity index (χ1n) is 9.84. The third kappa shape index (κ3) is 4.47. The van der Waals surface area contributed by atoms with Gasteiger partial charge in [-0.1, -0.05) is 54.2 Å². The number of carbonyl (C=O) groups is 1. The van der Waals surface area contributed by atoms with E-state index in [1.165, 1.54) is 30.0 Å². The molecule has 162 valence electrons. The zero-order valence-corrected chi connectivity index (χ0v) is 18.3. The molecule has 3 aromatic carbocycles. The van der Waals surface area contributed by atoms with E-state index in [-0.39, 0.29) is 23.8 Å². The number of Topliss-reactive ketones (excluding diaryl/α,β-unsaturated/α-hetero) is 1. The molecule has 0 unspecified atom stereocenters. The Balaban J connectivity index is 1.40. The number of thioether (sulfide) groups is 1. The molecule has 0 N–H and O–H groups in total. The Morgan fingerprint density at radius 1 is 1.12 bits per heavy atom. The summed E-state index contributed by atoms with van der Waals surface area (Å²) in [5.74, 6) is 1.29. The fraction of sp³-hybridized carbons (Fsp3) is 0.174. The molecular formula is C23H20N4O4S. The van der Waals surface area contributed by atoms with Gasteiger partial charge >= 0.3 is 0 Å². The van der Waals surface area contributed by atoms with Gasteiger partial charge in [-0.25, -0.2) is 0 Å². The van der Waals surface area contributed by atoms with Gasteiger partial charge in [0.1, 0.15) is 12.4 Å². The van der Waals surface area contributed by atoms with Gasteiger partial charge in [-0.15, -0.1) is 10.2 Å². The van der Waals surface area contributed by atoms with Crippen LogP contribution in [-0.2, 0) is 13.7 Å². The minimum Gasteiger partial charge on any atom is -0.485 e. The number of nitrogens with zero attached hydrogens (tertiary/aromatic N) is 4. The molecule has 9 heteroatoms. The molecule has 0 aliphatic heterocycles. The Morgan fingerprint density at radius 2 is 1.94 bits per heavy atom. The number of aryl methyl sites for hydroxylation is 1. The smallest absolute Gasteiger partial charge is 0.270 e. The zero-order chi connectivity index (χ0) is 22.7. The monoisotopic (exact) mass is 448 g/mol. The first-order valence-corrected chi connectivity index (χ1v) is 10.8. The summed E-state index contributed by atoms with van der Waals surface area (Å²) in [6, 6.07) is 17.8. The van der Waals surface area contributed by atoms with Gasteiger partial charge in [0.15, 0.2) is 16.8 Å². The maximum atomic E-state index is 12.4. The van der Waals surface area contributed by atoms with Crippen molar-refractivity contribution < 1.29 is 14.5 Å². The average Bonchev–Trinajstić information content (AvgIpc) is 3.16. The summed E-state index contributed by atoms with van der Waals surface area (Å²) in [6.45, 7) is 2.26. The van der Waals surface area contributed by atoms with Crippen molar-refractivity contribution in [1.82, 2.24) is 14.8 Å². The van der Waals surface area contributed by atoms with Crippen LogP contribution in [0.5, 0.6) is 5.75 Å². The lowest BCUT2D eigenvalue weighted by Crippen LogP contribution is -2.07. The van der Waals surface area contributed by atoms with Crippen LogP contribution in [0, 0.1) is 17.0 Å². The van der Waals surface area contributed by atoms with E-state index in [0.29, 0.717) is 16.5 Å². The third-order valence-corrected chi connectivity index (χ3v) is 6.16. The van der Waals surface area contributed by atoms with Crippen molar-refractivity contribution >= 4 is 34.0 Å². The number of carbonyl (C=O) groups excluding carboxylic acids is 1. The summed E-state index contributed by atoms with van der Waals surface area (Å²) in [7, 11) is 1.81. The molecule has 1 heterocycles. The molecule has 0 bridgehead atoms. The number of aromatic nitrogens is 3. The van der Waals surface area contributed by atoms with Gasteiger partial charge in [0.2, 0.25) is 0 Å². The van der Waals surface area contributed by atoms with Crippen molar-refractivity contribution in [3.8, 4) is 5.75 Å². The van der Waals surface area contributed by atoms with Gasteiger partial charge in [-0.2, -0.15) is 0 Å². The maximum Gasteiger partial charge on any atom is 0.270 e. The molecular weight excluding hydrogens is 428 g/mol. The largest absolute Gasteiger partial charge is 0.485 e. The van der Waals surface area contributed by atoms with Gasteiger partial charge < -0.3 is 9.30 Å². The van der Waals surface area contributed by atoms with E-state index in [1.807, 2.05) is 38.2 Å². The van der Waals surface area contributed by atoms with E-state index >= 15 is 0 Å². The van der Waals surface area contributed by atoms with Crippen molar-refractivity contribution in [2.75, 3.05) is 5.75 Å². The molecule has 0 atom stereocenters. The number of nitro groups is 1. The van der Waals surface area contributed by atoms with Crippen molar-refractivity contribution in [3.63, 3.8) is 0 Å². The second-order valence-electron chi connectivity index (χ2n) is 7.18. The summed E-state index contributed by atoms with van der Waals surface area (Å²) >= 11 is 1.23. The molecule has 0 radical (unpaired) electrons. The Hall–Kier alpha value is -3.72. The Labute approximate surface area is 188 Å².